The molecule has 0 radical (unpaired) electrons. The highest BCUT2D eigenvalue weighted by molar-refractivity contribution is 6.39. The van der Waals surface area contributed by atoms with Crippen molar-refractivity contribution in [2.45, 2.75) is 0 Å². The van der Waals surface area contributed by atoms with Gasteiger partial charge in [-0.05, 0) is 98.3 Å². The first-order chi connectivity index (χ1) is 16.9. The molecule has 0 aliphatic heterocycles. The van der Waals surface area contributed by atoms with E-state index in [4.69, 9.17) is 0 Å². The van der Waals surface area contributed by atoms with Crippen LogP contribution in [0.1, 0.15) is 0 Å². The molecule has 0 saturated carbocycles. The van der Waals surface area contributed by atoms with Crippen LogP contribution in [-0.4, -0.2) is 0 Å². The Bertz CT molecular complexity index is 2100. The first kappa shape index (κ1) is 17.1. The Labute approximate surface area is 195 Å². The summed E-state index contributed by atoms with van der Waals surface area (Å²) in [5.41, 5.74) is 0. The van der Waals surface area contributed by atoms with Gasteiger partial charge in [0.05, 0.1) is 0 Å². The highest BCUT2D eigenvalue weighted by Gasteiger charge is 2.18. The van der Waals surface area contributed by atoms with Crippen molar-refractivity contribution >= 4 is 86.2 Å². The number of hydrogen-bond acceptors (Lipinski definition) is 0. The zero-order valence-corrected chi connectivity index (χ0v) is 18.4. The number of benzene rings is 7. The van der Waals surface area contributed by atoms with Gasteiger partial charge in [-0.1, -0.05) is 97.1 Å². The molecule has 0 unspecified atom stereocenters. The molecule has 0 aromatic heterocycles. The monoisotopic (exact) mass is 426 g/mol. The summed E-state index contributed by atoms with van der Waals surface area (Å²) < 4.78 is 0. The van der Waals surface area contributed by atoms with Crippen molar-refractivity contribution in [1.29, 1.82) is 0 Å². The topological polar surface area (TPSA) is 0 Å². The molecule has 9 aromatic carbocycles. The minimum absolute atomic E-state index is 1.34. The van der Waals surface area contributed by atoms with Gasteiger partial charge < -0.3 is 0 Å². The SMILES string of the molecule is c1ccc2c(c1)c1cccc3c4ccc5c(cc6c7ccccc7c7cccc5c76)c4cc2c31. The summed E-state index contributed by atoms with van der Waals surface area (Å²) in [6.45, 7) is 0. The highest BCUT2D eigenvalue weighted by Crippen LogP contribution is 2.46. The van der Waals surface area contributed by atoms with Gasteiger partial charge in [-0.3, -0.25) is 0 Å². The van der Waals surface area contributed by atoms with Gasteiger partial charge in [0.1, 0.15) is 0 Å². The van der Waals surface area contributed by atoms with Gasteiger partial charge in [-0.25, -0.2) is 0 Å². The number of fused-ring (bicyclic) bond motifs is 11. The van der Waals surface area contributed by atoms with Crippen LogP contribution in [0.15, 0.2) is 109 Å². The molecule has 0 aliphatic carbocycles. The summed E-state index contributed by atoms with van der Waals surface area (Å²) in [6, 6.07) is 40.9. The van der Waals surface area contributed by atoms with E-state index in [1.165, 1.54) is 86.2 Å². The summed E-state index contributed by atoms with van der Waals surface area (Å²) in [4.78, 5) is 0. The smallest absolute Gasteiger partial charge is 0.00199 e. The lowest BCUT2D eigenvalue weighted by Gasteiger charge is -2.11. The van der Waals surface area contributed by atoms with Crippen molar-refractivity contribution in [3.05, 3.63) is 109 Å². The number of hydrogen-bond donors (Lipinski definition) is 0. The first-order valence-corrected chi connectivity index (χ1v) is 12.0. The maximum absolute atomic E-state index is 2.46. The highest BCUT2D eigenvalue weighted by atomic mass is 14.2. The van der Waals surface area contributed by atoms with Gasteiger partial charge in [-0.2, -0.15) is 0 Å². The molecular weight excluding hydrogens is 408 g/mol. The molecule has 9 aromatic rings. The van der Waals surface area contributed by atoms with Crippen molar-refractivity contribution in [3.63, 3.8) is 0 Å². The van der Waals surface area contributed by atoms with Gasteiger partial charge in [0, 0.05) is 0 Å². The standard InChI is InChI=1S/C34H18/c1-3-9-21-19(7-1)25-11-5-13-27-23-15-16-24-28-14-6-12-26-20-8-2-4-10-22(20)32(34(26)28)18-30(24)29(23)17-31(21)33(25)27/h1-18H. The van der Waals surface area contributed by atoms with Crippen LogP contribution in [0.4, 0.5) is 0 Å². The molecule has 0 bridgehead atoms. The lowest BCUT2D eigenvalue weighted by Crippen LogP contribution is -1.83. The molecule has 0 fully saturated rings. The predicted octanol–water partition coefficient (Wildman–Crippen LogP) is 9.79. The van der Waals surface area contributed by atoms with Crippen LogP contribution in [-0.2, 0) is 0 Å². The molecule has 0 amide bonds. The Morgan fingerprint density at radius 3 is 0.882 bits per heavy atom. The van der Waals surface area contributed by atoms with Crippen LogP contribution in [0.3, 0.4) is 0 Å². The van der Waals surface area contributed by atoms with Crippen molar-refractivity contribution in [2.24, 2.45) is 0 Å². The first-order valence-electron chi connectivity index (χ1n) is 12.0. The average molecular weight is 427 g/mol. The fourth-order valence-electron chi connectivity index (χ4n) is 6.76. The zero-order valence-electron chi connectivity index (χ0n) is 18.4. The lowest BCUT2D eigenvalue weighted by molar-refractivity contribution is 1.85. The second kappa shape index (κ2) is 5.73. The summed E-state index contributed by atoms with van der Waals surface area (Å²) >= 11 is 0. The van der Waals surface area contributed by atoms with Crippen LogP contribution in [0, 0.1) is 0 Å². The van der Waals surface area contributed by atoms with Gasteiger partial charge in [0.15, 0.2) is 0 Å². The van der Waals surface area contributed by atoms with E-state index in [1.807, 2.05) is 0 Å². The lowest BCUT2D eigenvalue weighted by atomic mass is 9.92. The minimum Gasteiger partial charge on any atom is -0.0616 e. The molecule has 154 valence electrons. The van der Waals surface area contributed by atoms with E-state index in [0.717, 1.165) is 0 Å². The predicted molar refractivity (Wildman–Crippen MR) is 149 cm³/mol. The maximum Gasteiger partial charge on any atom is -0.00199 e. The molecule has 34 heavy (non-hydrogen) atoms. The molecule has 0 spiro atoms. The van der Waals surface area contributed by atoms with Gasteiger partial charge >= 0.3 is 0 Å². The molecule has 0 saturated heterocycles. The van der Waals surface area contributed by atoms with E-state index >= 15 is 0 Å². The Balaban J connectivity index is 1.60. The summed E-state index contributed by atoms with van der Waals surface area (Å²) in [5.74, 6) is 0. The fraction of sp³-hybridized carbons (Fsp3) is 0. The molecule has 9 rings (SSSR count). The van der Waals surface area contributed by atoms with Crippen molar-refractivity contribution in [3.8, 4) is 0 Å². The van der Waals surface area contributed by atoms with Crippen LogP contribution in [0.5, 0.6) is 0 Å². The van der Waals surface area contributed by atoms with E-state index in [9.17, 15) is 0 Å². The summed E-state index contributed by atoms with van der Waals surface area (Å²) in [7, 11) is 0. The normalized spacial score (nSPS) is 12.7. The Morgan fingerprint density at radius 1 is 0.206 bits per heavy atom. The van der Waals surface area contributed by atoms with Crippen LogP contribution >= 0.6 is 0 Å². The molecule has 0 heterocycles. The van der Waals surface area contributed by atoms with Crippen molar-refractivity contribution < 1.29 is 0 Å². The molecule has 0 heteroatoms. The second-order valence-corrected chi connectivity index (χ2v) is 9.65. The van der Waals surface area contributed by atoms with Gasteiger partial charge in [0.2, 0.25) is 0 Å². The quantitative estimate of drug-likeness (QED) is 0.212. The van der Waals surface area contributed by atoms with Crippen LogP contribution in [0.2, 0.25) is 0 Å². The Morgan fingerprint density at radius 2 is 0.500 bits per heavy atom. The van der Waals surface area contributed by atoms with Crippen LogP contribution < -0.4 is 0 Å². The third kappa shape index (κ3) is 1.85. The Kier molecular flexibility index (Phi) is 2.88. The average Bonchev–Trinajstić information content (AvgIpc) is 3.40. The van der Waals surface area contributed by atoms with E-state index in [1.54, 1.807) is 0 Å². The maximum atomic E-state index is 2.46. The largest absolute Gasteiger partial charge is 0.0616 e. The fourth-order valence-corrected chi connectivity index (χ4v) is 6.76. The zero-order chi connectivity index (χ0) is 22.0. The van der Waals surface area contributed by atoms with E-state index in [-0.39, 0.29) is 0 Å². The minimum atomic E-state index is 1.34. The van der Waals surface area contributed by atoms with Gasteiger partial charge in [-0.15, -0.1) is 0 Å². The molecule has 0 nitrogen and oxygen atoms in total. The van der Waals surface area contributed by atoms with Crippen molar-refractivity contribution in [1.82, 2.24) is 0 Å². The van der Waals surface area contributed by atoms with Gasteiger partial charge in [0.25, 0.3) is 0 Å². The molecule has 0 aliphatic rings. The summed E-state index contributed by atoms with van der Waals surface area (Å²) in [5, 5.41) is 21.8. The second-order valence-electron chi connectivity index (χ2n) is 9.65. The van der Waals surface area contributed by atoms with Crippen LogP contribution in [0.25, 0.3) is 86.2 Å². The van der Waals surface area contributed by atoms with E-state index in [0.29, 0.717) is 0 Å². The summed E-state index contributed by atoms with van der Waals surface area (Å²) in [6.07, 6.45) is 0. The number of rotatable bonds is 0. The third-order valence-corrected chi connectivity index (χ3v) is 8.13. The molecule has 0 atom stereocenters. The van der Waals surface area contributed by atoms with E-state index < -0.39 is 0 Å². The molecule has 0 N–H and O–H groups in total. The Hall–Kier alpha value is -4.42. The third-order valence-electron chi connectivity index (χ3n) is 8.13. The molecular formula is C34H18. The van der Waals surface area contributed by atoms with E-state index in [2.05, 4.69) is 109 Å². The van der Waals surface area contributed by atoms with Crippen molar-refractivity contribution in [2.75, 3.05) is 0 Å².